The third-order valence-corrected chi connectivity index (χ3v) is 5.65. The number of para-hydroxylation sites is 1. The van der Waals surface area contributed by atoms with Crippen molar-refractivity contribution >= 4 is 10.0 Å². The van der Waals surface area contributed by atoms with E-state index in [4.69, 9.17) is 0 Å². The van der Waals surface area contributed by atoms with E-state index in [0.29, 0.717) is 13.0 Å². The Hall–Kier alpha value is -2.17. The molecule has 0 bridgehead atoms. The number of aromatic nitrogens is 2. The van der Waals surface area contributed by atoms with Gasteiger partial charge in [0.05, 0.1) is 24.2 Å². The van der Waals surface area contributed by atoms with Crippen LogP contribution in [0.1, 0.15) is 19.3 Å². The summed E-state index contributed by atoms with van der Waals surface area (Å²) in [5.41, 5.74) is 0.791. The molecule has 1 saturated heterocycles. The highest BCUT2D eigenvalue weighted by Crippen LogP contribution is 2.25. The maximum absolute atomic E-state index is 12.7. The molecule has 0 spiro atoms. The molecular weight excluding hydrogens is 300 g/mol. The highest BCUT2D eigenvalue weighted by molar-refractivity contribution is 7.89. The molecule has 1 unspecified atom stereocenters. The number of nitrogens with zero attached hydrogens (tertiary/aromatic N) is 4. The molecule has 114 valence electrons. The largest absolute Gasteiger partial charge is 0.247 e. The molecule has 0 saturated carbocycles. The maximum Gasteiger partial charge on any atom is 0.247 e. The molecular formula is C15H16N4O2S. The Balaban J connectivity index is 1.93. The highest BCUT2D eigenvalue weighted by atomic mass is 32.2. The van der Waals surface area contributed by atoms with Gasteiger partial charge >= 0.3 is 0 Å². The van der Waals surface area contributed by atoms with Gasteiger partial charge in [0.15, 0.2) is 0 Å². The summed E-state index contributed by atoms with van der Waals surface area (Å²) in [7, 11) is -3.68. The van der Waals surface area contributed by atoms with Crippen molar-refractivity contribution in [2.45, 2.75) is 30.2 Å². The number of piperidine rings is 1. The van der Waals surface area contributed by atoms with E-state index in [9.17, 15) is 13.7 Å². The second-order valence-electron chi connectivity index (χ2n) is 5.21. The van der Waals surface area contributed by atoms with Gasteiger partial charge in [0.25, 0.3) is 0 Å². The van der Waals surface area contributed by atoms with Gasteiger partial charge in [-0.3, -0.25) is 0 Å². The van der Waals surface area contributed by atoms with Crippen molar-refractivity contribution in [1.29, 1.82) is 5.26 Å². The van der Waals surface area contributed by atoms with Crippen LogP contribution in [0.3, 0.4) is 0 Å². The molecule has 3 rings (SSSR count). The Morgan fingerprint density at radius 2 is 2.00 bits per heavy atom. The average molecular weight is 316 g/mol. The van der Waals surface area contributed by atoms with E-state index in [1.54, 1.807) is 0 Å². The number of sulfonamides is 1. The van der Waals surface area contributed by atoms with E-state index in [1.165, 1.54) is 21.4 Å². The fraction of sp³-hybridized carbons (Fsp3) is 0.333. The average Bonchev–Trinajstić information content (AvgIpc) is 3.06. The van der Waals surface area contributed by atoms with Crippen LogP contribution < -0.4 is 0 Å². The van der Waals surface area contributed by atoms with Crippen LogP contribution in [0.5, 0.6) is 0 Å². The maximum atomic E-state index is 12.7. The Bertz CT molecular complexity index is 792. The lowest BCUT2D eigenvalue weighted by atomic mass is 10.1. The van der Waals surface area contributed by atoms with Crippen molar-refractivity contribution in [2.24, 2.45) is 0 Å². The Labute approximate surface area is 129 Å². The third kappa shape index (κ3) is 2.63. The molecule has 2 heterocycles. The summed E-state index contributed by atoms with van der Waals surface area (Å²) in [5.74, 6) is 0. The minimum atomic E-state index is -3.68. The van der Waals surface area contributed by atoms with E-state index in [1.807, 2.05) is 30.3 Å². The molecule has 1 aliphatic heterocycles. The van der Waals surface area contributed by atoms with Crippen LogP contribution in [-0.4, -0.2) is 35.1 Å². The molecule has 1 aliphatic rings. The van der Waals surface area contributed by atoms with E-state index in [-0.39, 0.29) is 4.90 Å². The third-order valence-electron chi connectivity index (χ3n) is 3.79. The molecule has 0 amide bonds. The predicted molar refractivity (Wildman–Crippen MR) is 80.7 cm³/mol. The smallest absolute Gasteiger partial charge is 0.240 e. The van der Waals surface area contributed by atoms with Crippen LogP contribution >= 0.6 is 0 Å². The van der Waals surface area contributed by atoms with Gasteiger partial charge in [0, 0.05) is 6.54 Å². The summed E-state index contributed by atoms with van der Waals surface area (Å²) in [5, 5.41) is 13.3. The standard InChI is InChI=1S/C15H16N4O2S/c16-10-14-8-4-5-9-19(14)22(20,21)15-11-17-18(12-15)13-6-2-1-3-7-13/h1-3,6-7,11-12,14H,4-5,8-9H2. The summed E-state index contributed by atoms with van der Waals surface area (Å²) in [4.78, 5) is 0.124. The number of rotatable bonds is 3. The molecule has 7 heteroatoms. The van der Waals surface area contributed by atoms with E-state index < -0.39 is 16.1 Å². The van der Waals surface area contributed by atoms with Gasteiger partial charge in [-0.15, -0.1) is 0 Å². The Morgan fingerprint density at radius 3 is 2.73 bits per heavy atom. The fourth-order valence-corrected chi connectivity index (χ4v) is 4.16. The van der Waals surface area contributed by atoms with Gasteiger partial charge in [0.1, 0.15) is 10.9 Å². The zero-order chi connectivity index (χ0) is 15.6. The van der Waals surface area contributed by atoms with Crippen LogP contribution in [0.25, 0.3) is 5.69 Å². The summed E-state index contributed by atoms with van der Waals surface area (Å²) in [6.45, 7) is 0.386. The van der Waals surface area contributed by atoms with Gasteiger partial charge in [-0.25, -0.2) is 13.1 Å². The first-order chi connectivity index (χ1) is 10.6. The topological polar surface area (TPSA) is 79.0 Å². The van der Waals surface area contributed by atoms with Gasteiger partial charge in [-0.05, 0) is 31.4 Å². The fourth-order valence-electron chi connectivity index (χ4n) is 2.62. The monoisotopic (exact) mass is 316 g/mol. The predicted octanol–water partition coefficient (Wildman–Crippen LogP) is 1.94. The first-order valence-electron chi connectivity index (χ1n) is 7.14. The summed E-state index contributed by atoms with van der Waals surface area (Å²) in [6.07, 6.45) is 5.08. The number of benzene rings is 1. The van der Waals surface area contributed by atoms with Crippen molar-refractivity contribution in [1.82, 2.24) is 14.1 Å². The summed E-state index contributed by atoms with van der Waals surface area (Å²) in [6, 6.07) is 10.8. The summed E-state index contributed by atoms with van der Waals surface area (Å²) < 4.78 is 28.3. The van der Waals surface area contributed by atoms with Crippen molar-refractivity contribution < 1.29 is 8.42 Å². The molecule has 0 radical (unpaired) electrons. The number of nitriles is 1. The van der Waals surface area contributed by atoms with Gasteiger partial charge < -0.3 is 0 Å². The second-order valence-corrected chi connectivity index (χ2v) is 7.10. The van der Waals surface area contributed by atoms with Gasteiger partial charge in [0.2, 0.25) is 10.0 Å². The summed E-state index contributed by atoms with van der Waals surface area (Å²) >= 11 is 0. The molecule has 1 atom stereocenters. The first kappa shape index (κ1) is 14.8. The van der Waals surface area contributed by atoms with E-state index in [0.717, 1.165) is 18.5 Å². The zero-order valence-electron chi connectivity index (χ0n) is 12.0. The Morgan fingerprint density at radius 1 is 1.23 bits per heavy atom. The number of hydrogen-bond donors (Lipinski definition) is 0. The SMILES string of the molecule is N#CC1CCCCN1S(=O)(=O)c1cnn(-c2ccccc2)c1. The molecule has 2 aromatic rings. The minimum absolute atomic E-state index is 0.124. The zero-order valence-corrected chi connectivity index (χ0v) is 12.8. The Kier molecular flexibility index (Phi) is 3.96. The van der Waals surface area contributed by atoms with Crippen LogP contribution in [0.2, 0.25) is 0 Å². The van der Waals surface area contributed by atoms with Crippen LogP contribution in [0.15, 0.2) is 47.6 Å². The normalized spacial score (nSPS) is 19.7. The molecule has 1 aromatic heterocycles. The molecule has 1 fully saturated rings. The van der Waals surface area contributed by atoms with Crippen molar-refractivity contribution in [3.63, 3.8) is 0 Å². The molecule has 0 N–H and O–H groups in total. The van der Waals surface area contributed by atoms with Gasteiger partial charge in [-0.1, -0.05) is 18.2 Å². The molecule has 6 nitrogen and oxygen atoms in total. The van der Waals surface area contributed by atoms with Crippen LogP contribution in [0.4, 0.5) is 0 Å². The van der Waals surface area contributed by atoms with Crippen LogP contribution in [-0.2, 0) is 10.0 Å². The lowest BCUT2D eigenvalue weighted by Gasteiger charge is -2.29. The van der Waals surface area contributed by atoms with Crippen molar-refractivity contribution in [3.8, 4) is 11.8 Å². The second kappa shape index (κ2) is 5.91. The highest BCUT2D eigenvalue weighted by Gasteiger charge is 2.34. The van der Waals surface area contributed by atoms with Gasteiger partial charge in [-0.2, -0.15) is 14.7 Å². The molecule has 0 aliphatic carbocycles. The van der Waals surface area contributed by atoms with Crippen molar-refractivity contribution in [2.75, 3.05) is 6.54 Å². The van der Waals surface area contributed by atoms with E-state index >= 15 is 0 Å². The molecule has 1 aromatic carbocycles. The lowest BCUT2D eigenvalue weighted by Crippen LogP contribution is -2.42. The van der Waals surface area contributed by atoms with E-state index in [2.05, 4.69) is 11.2 Å². The lowest BCUT2D eigenvalue weighted by molar-refractivity contribution is 0.297. The molecule has 22 heavy (non-hydrogen) atoms. The van der Waals surface area contributed by atoms with Crippen molar-refractivity contribution in [3.05, 3.63) is 42.7 Å². The number of hydrogen-bond acceptors (Lipinski definition) is 4. The minimum Gasteiger partial charge on any atom is -0.240 e. The van der Waals surface area contributed by atoms with Crippen LogP contribution in [0, 0.1) is 11.3 Å². The first-order valence-corrected chi connectivity index (χ1v) is 8.58. The quantitative estimate of drug-likeness (QED) is 0.867.